The lowest BCUT2D eigenvalue weighted by atomic mass is 9.89. The van der Waals surface area contributed by atoms with Crippen molar-refractivity contribution in [3.05, 3.63) is 30.0 Å². The minimum atomic E-state index is -0.521. The summed E-state index contributed by atoms with van der Waals surface area (Å²) in [4.78, 5) is 12.9. The van der Waals surface area contributed by atoms with Crippen molar-refractivity contribution in [1.29, 1.82) is 0 Å². The Bertz CT molecular complexity index is 835. The first kappa shape index (κ1) is 18.8. The van der Waals surface area contributed by atoms with Crippen LogP contribution in [0.3, 0.4) is 0 Å². The Morgan fingerprint density at radius 1 is 1.14 bits per heavy atom. The molecule has 2 saturated carbocycles. The average molecular weight is 384 g/mol. The van der Waals surface area contributed by atoms with Gasteiger partial charge < -0.3 is 19.3 Å². The number of ether oxygens (including phenoxy) is 2. The third-order valence-corrected chi connectivity index (χ3v) is 6.13. The van der Waals surface area contributed by atoms with Gasteiger partial charge in [-0.2, -0.15) is 0 Å². The summed E-state index contributed by atoms with van der Waals surface area (Å²) in [5.41, 5.74) is 1.04. The van der Waals surface area contributed by atoms with Crippen molar-refractivity contribution in [2.24, 2.45) is 5.92 Å². The minimum absolute atomic E-state index is 0.0882. The molecule has 2 aliphatic rings. The zero-order valence-electron chi connectivity index (χ0n) is 16.6. The molecule has 0 spiro atoms. The van der Waals surface area contributed by atoms with Crippen molar-refractivity contribution in [3.63, 3.8) is 0 Å². The summed E-state index contributed by atoms with van der Waals surface area (Å²) in [6.45, 7) is 0.779. The number of hydrogen-bond acceptors (Lipinski definition) is 5. The van der Waals surface area contributed by atoms with Gasteiger partial charge in [-0.1, -0.05) is 24.4 Å². The van der Waals surface area contributed by atoms with Gasteiger partial charge in [0.1, 0.15) is 0 Å². The van der Waals surface area contributed by atoms with Crippen LogP contribution >= 0.6 is 0 Å². The molecule has 2 fully saturated rings. The lowest BCUT2D eigenvalue weighted by Crippen LogP contribution is -2.38. The molecule has 1 aromatic heterocycles. The molecule has 0 bridgehead atoms. The van der Waals surface area contributed by atoms with E-state index in [-0.39, 0.29) is 5.91 Å². The summed E-state index contributed by atoms with van der Waals surface area (Å²) in [7, 11) is 3.20. The molecule has 0 atom stereocenters. The number of nitrogens with one attached hydrogen (secondary N) is 1. The maximum Gasteiger partial charge on any atom is 0.232 e. The molecule has 6 nitrogen and oxygen atoms in total. The third kappa shape index (κ3) is 3.60. The van der Waals surface area contributed by atoms with E-state index < -0.39 is 5.41 Å². The van der Waals surface area contributed by atoms with E-state index >= 15 is 0 Å². The molecule has 0 radical (unpaired) electrons. The van der Waals surface area contributed by atoms with Crippen LogP contribution in [0.5, 0.6) is 11.5 Å². The van der Waals surface area contributed by atoms with Gasteiger partial charge in [0.15, 0.2) is 17.3 Å². The van der Waals surface area contributed by atoms with E-state index in [0.717, 1.165) is 30.6 Å². The monoisotopic (exact) mass is 384 g/mol. The van der Waals surface area contributed by atoms with E-state index in [9.17, 15) is 4.79 Å². The Morgan fingerprint density at radius 2 is 1.89 bits per heavy atom. The number of rotatable bonds is 7. The molecule has 150 valence electrons. The highest BCUT2D eigenvalue weighted by Crippen LogP contribution is 2.49. The van der Waals surface area contributed by atoms with Crippen LogP contribution in [-0.2, 0) is 10.2 Å². The standard InChI is InChI=1S/C22H28N2O4/c1-26-17-9-8-16(12-19(17)27-2)18-13-20(24-28-18)22(10-11-22)21(25)23-14-15-6-4-3-5-7-15/h8-9,12-13,15H,3-7,10-11,14H2,1-2H3,(H,23,25). The van der Waals surface area contributed by atoms with Gasteiger partial charge in [-0.25, -0.2) is 0 Å². The number of hydrogen-bond donors (Lipinski definition) is 1. The minimum Gasteiger partial charge on any atom is -0.493 e. The van der Waals surface area contributed by atoms with Gasteiger partial charge in [-0.3, -0.25) is 4.79 Å². The lowest BCUT2D eigenvalue weighted by molar-refractivity contribution is -0.123. The summed E-state index contributed by atoms with van der Waals surface area (Å²) in [5, 5.41) is 7.41. The summed E-state index contributed by atoms with van der Waals surface area (Å²) in [5.74, 6) is 2.62. The van der Waals surface area contributed by atoms with Gasteiger partial charge in [-0.05, 0) is 49.8 Å². The SMILES string of the molecule is COc1ccc(-c2cc(C3(C(=O)NCC4CCCCC4)CC3)no2)cc1OC. The van der Waals surface area contributed by atoms with E-state index in [1.165, 1.54) is 32.1 Å². The van der Waals surface area contributed by atoms with E-state index in [2.05, 4.69) is 10.5 Å². The van der Waals surface area contributed by atoms with Gasteiger partial charge in [-0.15, -0.1) is 0 Å². The van der Waals surface area contributed by atoms with Crippen molar-refractivity contribution in [2.45, 2.75) is 50.4 Å². The van der Waals surface area contributed by atoms with Crippen LogP contribution in [-0.4, -0.2) is 31.8 Å². The van der Waals surface area contributed by atoms with Gasteiger partial charge in [0.2, 0.25) is 5.91 Å². The molecule has 1 amide bonds. The van der Waals surface area contributed by atoms with E-state index in [4.69, 9.17) is 14.0 Å². The van der Waals surface area contributed by atoms with Crippen LogP contribution in [0, 0.1) is 5.92 Å². The molecular weight excluding hydrogens is 356 g/mol. The summed E-state index contributed by atoms with van der Waals surface area (Å²) in [6.07, 6.45) is 7.98. The van der Waals surface area contributed by atoms with Crippen molar-refractivity contribution in [3.8, 4) is 22.8 Å². The largest absolute Gasteiger partial charge is 0.493 e. The molecule has 0 aliphatic heterocycles. The summed E-state index contributed by atoms with van der Waals surface area (Å²) < 4.78 is 16.2. The number of carbonyl (C=O) groups is 1. The van der Waals surface area contributed by atoms with E-state index in [0.29, 0.717) is 23.2 Å². The lowest BCUT2D eigenvalue weighted by Gasteiger charge is -2.23. The number of methoxy groups -OCH3 is 2. The Kier molecular flexibility index (Phi) is 5.29. The fraction of sp³-hybridized carbons (Fsp3) is 0.545. The van der Waals surface area contributed by atoms with E-state index in [1.807, 2.05) is 24.3 Å². The molecule has 4 rings (SSSR count). The molecule has 1 heterocycles. The smallest absolute Gasteiger partial charge is 0.232 e. The number of carbonyl (C=O) groups excluding carboxylic acids is 1. The molecule has 1 aromatic carbocycles. The summed E-state index contributed by atoms with van der Waals surface area (Å²) in [6, 6.07) is 7.47. The van der Waals surface area contributed by atoms with Crippen LogP contribution in [0.4, 0.5) is 0 Å². The zero-order valence-corrected chi connectivity index (χ0v) is 16.6. The van der Waals surface area contributed by atoms with Crippen molar-refractivity contribution in [1.82, 2.24) is 10.5 Å². The van der Waals surface area contributed by atoms with Gasteiger partial charge in [0.25, 0.3) is 0 Å². The fourth-order valence-corrected chi connectivity index (χ4v) is 4.15. The van der Waals surface area contributed by atoms with Crippen LogP contribution in [0.2, 0.25) is 0 Å². The topological polar surface area (TPSA) is 73.6 Å². The molecule has 0 saturated heterocycles. The van der Waals surface area contributed by atoms with Crippen molar-refractivity contribution < 1.29 is 18.8 Å². The molecule has 6 heteroatoms. The molecule has 28 heavy (non-hydrogen) atoms. The number of aromatic nitrogens is 1. The number of amides is 1. The summed E-state index contributed by atoms with van der Waals surface area (Å²) >= 11 is 0. The van der Waals surface area contributed by atoms with Crippen LogP contribution in [0.25, 0.3) is 11.3 Å². The van der Waals surface area contributed by atoms with E-state index in [1.54, 1.807) is 14.2 Å². The quantitative estimate of drug-likeness (QED) is 0.778. The molecule has 1 N–H and O–H groups in total. The maximum absolute atomic E-state index is 12.9. The van der Waals surface area contributed by atoms with Gasteiger partial charge >= 0.3 is 0 Å². The highest BCUT2D eigenvalue weighted by atomic mass is 16.5. The second-order valence-electron chi connectivity index (χ2n) is 7.94. The second kappa shape index (κ2) is 7.86. The van der Waals surface area contributed by atoms with Crippen LogP contribution in [0.15, 0.2) is 28.8 Å². The predicted octanol–water partition coefficient (Wildman–Crippen LogP) is 4.09. The number of benzene rings is 1. The molecule has 2 aliphatic carbocycles. The Labute approximate surface area is 165 Å². The Balaban J connectivity index is 1.46. The maximum atomic E-state index is 12.9. The second-order valence-corrected chi connectivity index (χ2v) is 7.94. The zero-order chi connectivity index (χ0) is 19.6. The highest BCUT2D eigenvalue weighted by molar-refractivity contribution is 5.91. The van der Waals surface area contributed by atoms with Gasteiger partial charge in [0.05, 0.1) is 25.3 Å². The molecule has 0 unspecified atom stereocenters. The fourth-order valence-electron chi connectivity index (χ4n) is 4.15. The molecule has 2 aromatic rings. The first-order valence-corrected chi connectivity index (χ1v) is 10.1. The van der Waals surface area contributed by atoms with Crippen LogP contribution in [0.1, 0.15) is 50.6 Å². The highest BCUT2D eigenvalue weighted by Gasteiger charge is 2.53. The molecular formula is C22H28N2O4. The first-order chi connectivity index (χ1) is 13.7. The third-order valence-electron chi connectivity index (χ3n) is 6.13. The van der Waals surface area contributed by atoms with Crippen molar-refractivity contribution in [2.75, 3.05) is 20.8 Å². The first-order valence-electron chi connectivity index (χ1n) is 10.1. The Hall–Kier alpha value is -2.50. The predicted molar refractivity (Wildman–Crippen MR) is 106 cm³/mol. The number of nitrogens with zero attached hydrogens (tertiary/aromatic N) is 1. The van der Waals surface area contributed by atoms with Gasteiger partial charge in [0, 0.05) is 18.2 Å². The average Bonchev–Trinajstić information content (AvgIpc) is 3.41. The van der Waals surface area contributed by atoms with Crippen LogP contribution < -0.4 is 14.8 Å². The Morgan fingerprint density at radius 3 is 2.57 bits per heavy atom. The van der Waals surface area contributed by atoms with Crippen molar-refractivity contribution >= 4 is 5.91 Å². The normalized spacial score (nSPS) is 18.5.